The van der Waals surface area contributed by atoms with Crippen molar-refractivity contribution >= 4 is 23.2 Å². The molecular formula is C17H14ClN3O3. The summed E-state index contributed by atoms with van der Waals surface area (Å²) in [5, 5.41) is 10.8. The van der Waals surface area contributed by atoms with E-state index in [0.29, 0.717) is 28.6 Å². The minimum absolute atomic E-state index is 0.156. The monoisotopic (exact) mass is 343 g/mol. The fourth-order valence-corrected chi connectivity index (χ4v) is 2.30. The number of anilines is 1. The summed E-state index contributed by atoms with van der Waals surface area (Å²) in [6.07, 6.45) is 0. The number of carbonyl (C=O) groups is 1. The maximum atomic E-state index is 12.3. The van der Waals surface area contributed by atoms with Crippen molar-refractivity contribution in [2.75, 3.05) is 11.9 Å². The standard InChI is InChI=1S/C17H14ClN3O3/c1-2-23-14-10-6-5-9-13(14)19-15(22)17-21-20-16(24-17)11-7-3-4-8-12(11)18/h3-10H,2H2,1H3,(H,19,22). The number of aromatic nitrogens is 2. The number of hydrogen-bond donors (Lipinski definition) is 1. The number of para-hydroxylation sites is 2. The molecule has 0 atom stereocenters. The lowest BCUT2D eigenvalue weighted by Crippen LogP contribution is -2.13. The van der Waals surface area contributed by atoms with Crippen molar-refractivity contribution in [2.45, 2.75) is 6.92 Å². The summed E-state index contributed by atoms with van der Waals surface area (Å²) in [7, 11) is 0. The molecule has 24 heavy (non-hydrogen) atoms. The lowest BCUT2D eigenvalue weighted by atomic mass is 10.2. The molecular weight excluding hydrogens is 330 g/mol. The number of halogens is 1. The number of rotatable bonds is 5. The predicted octanol–water partition coefficient (Wildman–Crippen LogP) is 4.04. The summed E-state index contributed by atoms with van der Waals surface area (Å²) in [4.78, 5) is 12.3. The summed E-state index contributed by atoms with van der Waals surface area (Å²) < 4.78 is 10.9. The number of nitrogens with zero attached hydrogens (tertiary/aromatic N) is 2. The van der Waals surface area contributed by atoms with E-state index in [0.717, 1.165) is 0 Å². The van der Waals surface area contributed by atoms with Crippen LogP contribution in [0.5, 0.6) is 5.75 Å². The van der Waals surface area contributed by atoms with Crippen LogP contribution < -0.4 is 10.1 Å². The zero-order valence-corrected chi connectivity index (χ0v) is 13.6. The second-order valence-electron chi connectivity index (χ2n) is 4.78. The Kier molecular flexibility index (Phi) is 4.77. The van der Waals surface area contributed by atoms with Gasteiger partial charge in [0, 0.05) is 0 Å². The fourth-order valence-electron chi connectivity index (χ4n) is 2.09. The summed E-state index contributed by atoms with van der Waals surface area (Å²) in [5.41, 5.74) is 1.10. The molecule has 0 fully saturated rings. The van der Waals surface area contributed by atoms with Gasteiger partial charge in [0.15, 0.2) is 0 Å². The van der Waals surface area contributed by atoms with Gasteiger partial charge in [-0.3, -0.25) is 4.79 Å². The Balaban J connectivity index is 1.81. The Morgan fingerprint density at radius 1 is 1.17 bits per heavy atom. The molecule has 0 aliphatic heterocycles. The van der Waals surface area contributed by atoms with Gasteiger partial charge in [0.1, 0.15) is 5.75 Å². The van der Waals surface area contributed by atoms with Crippen molar-refractivity contribution in [3.63, 3.8) is 0 Å². The average molecular weight is 344 g/mol. The summed E-state index contributed by atoms with van der Waals surface area (Å²) in [6, 6.07) is 14.1. The van der Waals surface area contributed by atoms with Gasteiger partial charge in [-0.05, 0) is 31.2 Å². The van der Waals surface area contributed by atoms with E-state index in [4.69, 9.17) is 20.8 Å². The van der Waals surface area contributed by atoms with Crippen molar-refractivity contribution in [3.05, 3.63) is 59.4 Å². The second-order valence-corrected chi connectivity index (χ2v) is 5.18. The van der Waals surface area contributed by atoms with Gasteiger partial charge in [0.25, 0.3) is 0 Å². The molecule has 1 N–H and O–H groups in total. The molecule has 0 unspecified atom stereocenters. The smallest absolute Gasteiger partial charge is 0.313 e. The Hall–Kier alpha value is -2.86. The van der Waals surface area contributed by atoms with Crippen LogP contribution >= 0.6 is 11.6 Å². The third-order valence-corrected chi connectivity index (χ3v) is 3.49. The number of benzene rings is 2. The number of ether oxygens (including phenoxy) is 1. The fraction of sp³-hybridized carbons (Fsp3) is 0.118. The van der Waals surface area contributed by atoms with E-state index in [9.17, 15) is 4.79 Å². The first-order chi connectivity index (χ1) is 11.7. The van der Waals surface area contributed by atoms with Gasteiger partial charge in [-0.2, -0.15) is 0 Å². The highest BCUT2D eigenvalue weighted by Gasteiger charge is 2.18. The van der Waals surface area contributed by atoms with Crippen molar-refractivity contribution in [2.24, 2.45) is 0 Å². The minimum atomic E-state index is -0.520. The first kappa shape index (κ1) is 16.0. The third-order valence-electron chi connectivity index (χ3n) is 3.16. The van der Waals surface area contributed by atoms with Crippen LogP contribution in [0.15, 0.2) is 52.9 Å². The molecule has 3 aromatic rings. The van der Waals surface area contributed by atoms with Crippen molar-refractivity contribution in [1.29, 1.82) is 0 Å². The summed E-state index contributed by atoms with van der Waals surface area (Å²) >= 11 is 6.09. The molecule has 0 saturated carbocycles. The van der Waals surface area contributed by atoms with Crippen LogP contribution in [-0.2, 0) is 0 Å². The second kappa shape index (κ2) is 7.14. The molecule has 6 nitrogen and oxygen atoms in total. The van der Waals surface area contributed by atoms with E-state index >= 15 is 0 Å². The highest BCUT2D eigenvalue weighted by Crippen LogP contribution is 2.27. The first-order valence-corrected chi connectivity index (χ1v) is 7.68. The van der Waals surface area contributed by atoms with Crippen LogP contribution in [0.25, 0.3) is 11.5 Å². The molecule has 0 aliphatic carbocycles. The molecule has 1 aromatic heterocycles. The van der Waals surface area contributed by atoms with Crippen LogP contribution in [0, 0.1) is 0 Å². The van der Waals surface area contributed by atoms with Crippen LogP contribution in [0.3, 0.4) is 0 Å². The molecule has 0 spiro atoms. The van der Waals surface area contributed by atoms with Crippen LogP contribution in [0.2, 0.25) is 5.02 Å². The van der Waals surface area contributed by atoms with E-state index < -0.39 is 5.91 Å². The molecule has 0 aliphatic rings. The largest absolute Gasteiger partial charge is 0.492 e. The van der Waals surface area contributed by atoms with Gasteiger partial charge >= 0.3 is 11.8 Å². The predicted molar refractivity (Wildman–Crippen MR) is 90.3 cm³/mol. The molecule has 122 valence electrons. The van der Waals surface area contributed by atoms with Crippen LogP contribution in [0.4, 0.5) is 5.69 Å². The lowest BCUT2D eigenvalue weighted by Gasteiger charge is -2.09. The maximum absolute atomic E-state index is 12.3. The van der Waals surface area contributed by atoms with Crippen LogP contribution in [-0.4, -0.2) is 22.7 Å². The van der Waals surface area contributed by atoms with Gasteiger partial charge in [-0.25, -0.2) is 0 Å². The Morgan fingerprint density at radius 2 is 1.92 bits per heavy atom. The van der Waals surface area contributed by atoms with Crippen molar-refractivity contribution < 1.29 is 13.9 Å². The van der Waals surface area contributed by atoms with Crippen LogP contribution in [0.1, 0.15) is 17.6 Å². The molecule has 1 heterocycles. The van der Waals surface area contributed by atoms with E-state index in [1.807, 2.05) is 13.0 Å². The Labute approximate surface area is 143 Å². The number of carbonyl (C=O) groups excluding carboxylic acids is 1. The Bertz CT molecular complexity index is 864. The topological polar surface area (TPSA) is 77.2 Å². The van der Waals surface area contributed by atoms with Gasteiger partial charge in [-0.1, -0.05) is 35.9 Å². The van der Waals surface area contributed by atoms with E-state index in [2.05, 4.69) is 15.5 Å². The van der Waals surface area contributed by atoms with Gasteiger partial charge in [0.05, 0.1) is 22.9 Å². The lowest BCUT2D eigenvalue weighted by molar-refractivity contribution is 0.0990. The highest BCUT2D eigenvalue weighted by atomic mass is 35.5. The van der Waals surface area contributed by atoms with E-state index in [-0.39, 0.29) is 11.8 Å². The normalized spacial score (nSPS) is 10.4. The highest BCUT2D eigenvalue weighted by molar-refractivity contribution is 6.33. The van der Waals surface area contributed by atoms with Gasteiger partial charge in [-0.15, -0.1) is 10.2 Å². The zero-order chi connectivity index (χ0) is 16.9. The summed E-state index contributed by atoms with van der Waals surface area (Å²) in [6.45, 7) is 2.36. The zero-order valence-electron chi connectivity index (χ0n) is 12.8. The number of amides is 1. The molecule has 3 rings (SSSR count). The molecule has 7 heteroatoms. The SMILES string of the molecule is CCOc1ccccc1NC(=O)c1nnc(-c2ccccc2Cl)o1. The average Bonchev–Trinajstić information content (AvgIpc) is 3.07. The molecule has 1 amide bonds. The third kappa shape index (κ3) is 3.38. The number of hydrogen-bond acceptors (Lipinski definition) is 5. The first-order valence-electron chi connectivity index (χ1n) is 7.30. The van der Waals surface area contributed by atoms with E-state index in [1.165, 1.54) is 0 Å². The molecule has 0 radical (unpaired) electrons. The quantitative estimate of drug-likeness (QED) is 0.756. The molecule has 0 bridgehead atoms. The van der Waals surface area contributed by atoms with Crippen molar-refractivity contribution in [1.82, 2.24) is 10.2 Å². The van der Waals surface area contributed by atoms with Gasteiger partial charge < -0.3 is 14.5 Å². The Morgan fingerprint density at radius 3 is 2.71 bits per heavy atom. The summed E-state index contributed by atoms with van der Waals surface area (Å²) in [5.74, 6) is 0.0761. The molecule has 0 saturated heterocycles. The van der Waals surface area contributed by atoms with E-state index in [1.54, 1.807) is 42.5 Å². The number of nitrogens with one attached hydrogen (secondary N) is 1. The van der Waals surface area contributed by atoms with Gasteiger partial charge in [0.2, 0.25) is 5.89 Å². The minimum Gasteiger partial charge on any atom is -0.492 e. The van der Waals surface area contributed by atoms with Crippen molar-refractivity contribution in [3.8, 4) is 17.2 Å². The maximum Gasteiger partial charge on any atom is 0.313 e. The molecule has 2 aromatic carbocycles.